The second-order valence-electron chi connectivity index (χ2n) is 8.71. The Morgan fingerprint density at radius 3 is 2.05 bits per heavy atom. The molecule has 19 heavy (non-hydrogen) atoms. The summed E-state index contributed by atoms with van der Waals surface area (Å²) in [5, 5.41) is 0. The molecule has 0 aromatic carbocycles. The summed E-state index contributed by atoms with van der Waals surface area (Å²) in [6, 6.07) is 0.956. The molecule has 2 rings (SSSR count). The largest absolute Gasteiger partial charge is 0.336 e. The van der Waals surface area contributed by atoms with E-state index >= 15 is 0 Å². The van der Waals surface area contributed by atoms with Crippen molar-refractivity contribution in [3.63, 3.8) is 0 Å². The summed E-state index contributed by atoms with van der Waals surface area (Å²) in [6.07, 6.45) is 5.91. The number of hydrogen-bond donors (Lipinski definition) is 0. The summed E-state index contributed by atoms with van der Waals surface area (Å²) in [5.41, 5.74) is 0.300. The fourth-order valence-corrected chi connectivity index (χ4v) is 4.01. The molecule has 2 saturated heterocycles. The quantitative estimate of drug-likeness (QED) is 0.641. The summed E-state index contributed by atoms with van der Waals surface area (Å²) < 4.78 is 0. The minimum Gasteiger partial charge on any atom is -0.336 e. The van der Waals surface area contributed by atoms with Crippen LogP contribution in [-0.4, -0.2) is 22.9 Å². The van der Waals surface area contributed by atoms with Gasteiger partial charge in [-0.3, -0.25) is 4.79 Å². The monoisotopic (exact) mass is 265 g/mol. The molecule has 0 bridgehead atoms. The second-order valence-corrected chi connectivity index (χ2v) is 8.71. The molecule has 0 aliphatic carbocycles. The first-order chi connectivity index (χ1) is 8.62. The summed E-state index contributed by atoms with van der Waals surface area (Å²) >= 11 is 0. The van der Waals surface area contributed by atoms with Gasteiger partial charge < -0.3 is 4.90 Å². The fraction of sp³-hybridized carbons (Fsp3) is 0.941. The number of hydrogen-bond acceptors (Lipinski definition) is 1. The molecule has 2 aliphatic heterocycles. The van der Waals surface area contributed by atoms with Crippen molar-refractivity contribution in [1.29, 1.82) is 0 Å². The number of carbonyl (C=O) groups excluding carboxylic acids is 1. The van der Waals surface area contributed by atoms with Crippen molar-refractivity contribution in [2.24, 2.45) is 16.7 Å². The number of amides is 1. The minimum atomic E-state index is 0.0942. The number of nitrogens with zero attached hydrogens (tertiary/aromatic N) is 1. The first kappa shape index (κ1) is 14.9. The van der Waals surface area contributed by atoms with Gasteiger partial charge in [-0.2, -0.15) is 0 Å². The molecule has 2 aliphatic rings. The van der Waals surface area contributed by atoms with E-state index in [4.69, 9.17) is 0 Å². The van der Waals surface area contributed by atoms with Crippen LogP contribution < -0.4 is 0 Å². The van der Waals surface area contributed by atoms with Crippen molar-refractivity contribution in [2.75, 3.05) is 0 Å². The fourth-order valence-electron chi connectivity index (χ4n) is 4.01. The van der Waals surface area contributed by atoms with E-state index in [1.165, 1.54) is 25.7 Å². The highest BCUT2D eigenvalue weighted by atomic mass is 16.2. The molecule has 110 valence electrons. The molecule has 1 amide bonds. The van der Waals surface area contributed by atoms with Gasteiger partial charge in [-0.1, -0.05) is 48.0 Å². The van der Waals surface area contributed by atoms with Crippen LogP contribution in [0.3, 0.4) is 0 Å². The lowest BCUT2D eigenvalue weighted by atomic mass is 9.76. The van der Waals surface area contributed by atoms with Gasteiger partial charge in [-0.05, 0) is 36.5 Å². The van der Waals surface area contributed by atoms with Crippen molar-refractivity contribution >= 4 is 5.91 Å². The van der Waals surface area contributed by atoms with Gasteiger partial charge >= 0.3 is 0 Å². The maximum absolute atomic E-state index is 13.1. The molecule has 0 saturated carbocycles. The summed E-state index contributed by atoms with van der Waals surface area (Å²) in [7, 11) is 0. The van der Waals surface area contributed by atoms with E-state index in [1.807, 2.05) is 0 Å². The molecular weight excluding hydrogens is 234 g/mol. The molecular formula is C17H31NO. The van der Waals surface area contributed by atoms with Crippen LogP contribution in [0.5, 0.6) is 0 Å². The zero-order valence-electron chi connectivity index (χ0n) is 13.6. The highest BCUT2D eigenvalue weighted by molar-refractivity contribution is 5.81. The van der Waals surface area contributed by atoms with Crippen LogP contribution in [0.2, 0.25) is 0 Å². The first-order valence-corrected chi connectivity index (χ1v) is 7.94. The first-order valence-electron chi connectivity index (χ1n) is 7.94. The van der Waals surface area contributed by atoms with Crippen LogP contribution in [0.25, 0.3) is 0 Å². The van der Waals surface area contributed by atoms with Crippen LogP contribution in [0.15, 0.2) is 0 Å². The number of carbonyl (C=O) groups is 1. The Morgan fingerprint density at radius 1 is 0.895 bits per heavy atom. The predicted octanol–water partition coefficient (Wildman–Crippen LogP) is 4.24. The van der Waals surface area contributed by atoms with Crippen molar-refractivity contribution in [3.05, 3.63) is 0 Å². The van der Waals surface area contributed by atoms with E-state index in [0.29, 0.717) is 18.0 Å². The van der Waals surface area contributed by atoms with Gasteiger partial charge in [0.1, 0.15) is 0 Å². The van der Waals surface area contributed by atoms with Crippen molar-refractivity contribution in [3.8, 4) is 0 Å². The molecule has 3 atom stereocenters. The van der Waals surface area contributed by atoms with Crippen LogP contribution in [0.4, 0.5) is 0 Å². The second kappa shape index (κ2) is 4.79. The Hall–Kier alpha value is -0.530. The Morgan fingerprint density at radius 2 is 1.53 bits per heavy atom. The Balaban J connectivity index is 2.29. The Kier molecular flexibility index (Phi) is 3.75. The Labute approximate surface area is 118 Å². The summed E-state index contributed by atoms with van der Waals surface area (Å²) in [4.78, 5) is 15.4. The SMILES string of the molecule is CC(C)(C)C1CCCC2CCC(C(C)(C)C)N2C1=O. The zero-order valence-corrected chi connectivity index (χ0v) is 13.6. The molecule has 2 nitrogen and oxygen atoms in total. The molecule has 0 radical (unpaired) electrons. The lowest BCUT2D eigenvalue weighted by Crippen LogP contribution is -2.50. The van der Waals surface area contributed by atoms with Gasteiger partial charge in [0.15, 0.2) is 0 Å². The van der Waals surface area contributed by atoms with E-state index in [0.717, 1.165) is 6.42 Å². The molecule has 2 fully saturated rings. The molecule has 2 heteroatoms. The van der Waals surface area contributed by atoms with Gasteiger partial charge in [0, 0.05) is 18.0 Å². The molecule has 0 aromatic heterocycles. The third-order valence-corrected chi connectivity index (χ3v) is 5.13. The lowest BCUT2D eigenvalue weighted by Gasteiger charge is -2.40. The standard InChI is InChI=1S/C17H31NO/c1-16(2,3)13-9-7-8-12-10-11-14(17(4,5)6)18(12)15(13)19/h12-14H,7-11H2,1-6H3. The molecule has 3 unspecified atom stereocenters. The smallest absolute Gasteiger partial charge is 0.226 e. The predicted molar refractivity (Wildman–Crippen MR) is 79.9 cm³/mol. The molecule has 0 spiro atoms. The van der Waals surface area contributed by atoms with E-state index < -0.39 is 0 Å². The third-order valence-electron chi connectivity index (χ3n) is 5.13. The normalized spacial score (nSPS) is 33.3. The minimum absolute atomic E-state index is 0.0942. The highest BCUT2D eigenvalue weighted by Crippen LogP contribution is 2.43. The van der Waals surface area contributed by atoms with E-state index in [1.54, 1.807) is 0 Å². The average molecular weight is 265 g/mol. The van der Waals surface area contributed by atoms with E-state index in [9.17, 15) is 4.79 Å². The highest BCUT2D eigenvalue weighted by Gasteiger charge is 2.47. The zero-order chi connectivity index (χ0) is 14.4. The van der Waals surface area contributed by atoms with Crippen molar-refractivity contribution < 1.29 is 4.79 Å². The van der Waals surface area contributed by atoms with Gasteiger partial charge in [0.05, 0.1) is 0 Å². The number of rotatable bonds is 0. The lowest BCUT2D eigenvalue weighted by molar-refractivity contribution is -0.143. The maximum Gasteiger partial charge on any atom is 0.226 e. The summed E-state index contributed by atoms with van der Waals surface area (Å²) in [5.74, 6) is 0.646. The van der Waals surface area contributed by atoms with Crippen LogP contribution >= 0.6 is 0 Å². The number of fused-ring (bicyclic) bond motifs is 1. The van der Waals surface area contributed by atoms with Crippen LogP contribution in [-0.2, 0) is 4.79 Å². The van der Waals surface area contributed by atoms with Gasteiger partial charge in [0.2, 0.25) is 5.91 Å². The molecule has 0 aromatic rings. The van der Waals surface area contributed by atoms with Gasteiger partial charge in [-0.25, -0.2) is 0 Å². The summed E-state index contributed by atoms with van der Waals surface area (Å²) in [6.45, 7) is 13.5. The molecule has 0 N–H and O–H groups in total. The third kappa shape index (κ3) is 2.83. The van der Waals surface area contributed by atoms with Crippen LogP contribution in [0.1, 0.15) is 73.6 Å². The van der Waals surface area contributed by atoms with Crippen molar-refractivity contribution in [1.82, 2.24) is 4.90 Å². The topological polar surface area (TPSA) is 20.3 Å². The van der Waals surface area contributed by atoms with Crippen LogP contribution in [0, 0.1) is 16.7 Å². The van der Waals surface area contributed by atoms with Crippen molar-refractivity contribution in [2.45, 2.75) is 85.7 Å². The maximum atomic E-state index is 13.1. The average Bonchev–Trinajstić information content (AvgIpc) is 2.58. The van der Waals surface area contributed by atoms with E-state index in [2.05, 4.69) is 46.4 Å². The van der Waals surface area contributed by atoms with Gasteiger partial charge in [0.25, 0.3) is 0 Å². The van der Waals surface area contributed by atoms with Gasteiger partial charge in [-0.15, -0.1) is 0 Å². The Bertz CT molecular complexity index is 347. The molecule has 2 heterocycles. The van der Waals surface area contributed by atoms with E-state index in [-0.39, 0.29) is 16.7 Å².